The quantitative estimate of drug-likeness (QED) is 0.426. The van der Waals surface area contributed by atoms with Crippen molar-refractivity contribution in [1.82, 2.24) is 14.7 Å². The van der Waals surface area contributed by atoms with Crippen molar-refractivity contribution < 1.29 is 13.2 Å². The number of unbranched alkanes of at least 4 members (excludes halogenated alkanes) is 3. The number of sulfonamides is 1. The van der Waals surface area contributed by atoms with Crippen LogP contribution in [0.25, 0.3) is 5.69 Å². The smallest absolute Gasteiger partial charge is 0.296 e. The fraction of sp³-hybridized carbons (Fsp3) is 0.360. The Morgan fingerprint density at radius 2 is 1.71 bits per heavy atom. The maximum absolute atomic E-state index is 13.2. The van der Waals surface area contributed by atoms with Crippen LogP contribution < -0.4 is 15.6 Å². The molecular formula is C25H32N4O4S. The maximum Gasteiger partial charge on any atom is 0.296 e. The molecule has 9 heteroatoms. The highest BCUT2D eigenvalue weighted by Gasteiger charge is 2.24. The number of hydrogen-bond donors (Lipinski definition) is 2. The molecule has 0 aliphatic rings. The minimum atomic E-state index is -4.11. The largest absolute Gasteiger partial charge is 0.352 e. The lowest BCUT2D eigenvalue weighted by Crippen LogP contribution is -2.26. The summed E-state index contributed by atoms with van der Waals surface area (Å²) in [5, 5.41) is 2.86. The van der Waals surface area contributed by atoms with Crippen LogP contribution in [0.3, 0.4) is 0 Å². The molecule has 0 aliphatic heterocycles. The number of para-hydroxylation sites is 1. The number of aryl methyl sites for hydroxylation is 1. The zero-order valence-electron chi connectivity index (χ0n) is 20.1. The molecule has 0 bridgehead atoms. The molecule has 1 amide bonds. The summed E-state index contributed by atoms with van der Waals surface area (Å²) >= 11 is 0. The average Bonchev–Trinajstić information content (AvgIpc) is 3.02. The van der Waals surface area contributed by atoms with Crippen molar-refractivity contribution in [3.8, 4) is 5.69 Å². The third-order valence-electron chi connectivity index (χ3n) is 5.87. The summed E-state index contributed by atoms with van der Waals surface area (Å²) in [5.74, 6) is -0.312. The third kappa shape index (κ3) is 5.41. The number of aromatic nitrogens is 2. The Morgan fingerprint density at radius 3 is 2.38 bits per heavy atom. The van der Waals surface area contributed by atoms with Gasteiger partial charge in [-0.05, 0) is 50.1 Å². The van der Waals surface area contributed by atoms with Gasteiger partial charge in [0.1, 0.15) is 5.69 Å². The molecular weight excluding hydrogens is 452 g/mol. The number of carbonyl (C=O) groups is 1. The van der Waals surface area contributed by atoms with Crippen molar-refractivity contribution >= 4 is 21.6 Å². The maximum atomic E-state index is 13.2. The molecule has 1 heterocycles. The molecule has 0 atom stereocenters. The van der Waals surface area contributed by atoms with Crippen LogP contribution in [0, 0.1) is 13.8 Å². The van der Waals surface area contributed by atoms with Crippen LogP contribution >= 0.6 is 0 Å². The summed E-state index contributed by atoms with van der Waals surface area (Å²) in [6.07, 6.45) is 4.13. The van der Waals surface area contributed by atoms with Crippen molar-refractivity contribution in [2.24, 2.45) is 7.05 Å². The number of benzene rings is 2. The van der Waals surface area contributed by atoms with Gasteiger partial charge in [0.2, 0.25) is 0 Å². The predicted octanol–water partition coefficient (Wildman–Crippen LogP) is 3.90. The van der Waals surface area contributed by atoms with E-state index in [-0.39, 0.29) is 16.5 Å². The van der Waals surface area contributed by atoms with E-state index >= 15 is 0 Å². The summed E-state index contributed by atoms with van der Waals surface area (Å²) in [6, 6.07) is 13.4. The van der Waals surface area contributed by atoms with Crippen molar-refractivity contribution in [2.75, 3.05) is 11.3 Å². The highest BCUT2D eigenvalue weighted by Crippen LogP contribution is 2.21. The molecule has 0 spiro atoms. The SMILES string of the molecule is CCCCCCNC(=O)c1cc(S(=O)(=O)Nc2c(C)n(C)n(-c3ccccc3)c2=O)ccc1C. The highest BCUT2D eigenvalue weighted by molar-refractivity contribution is 7.92. The Hall–Kier alpha value is -3.33. The third-order valence-corrected chi connectivity index (χ3v) is 7.22. The second kappa shape index (κ2) is 10.7. The lowest BCUT2D eigenvalue weighted by molar-refractivity contribution is 0.0952. The van der Waals surface area contributed by atoms with E-state index in [0.29, 0.717) is 29.1 Å². The zero-order valence-corrected chi connectivity index (χ0v) is 20.9. The minimum Gasteiger partial charge on any atom is -0.352 e. The number of hydrogen-bond acceptors (Lipinski definition) is 4. The standard InChI is InChI=1S/C25H32N4O4S/c1-5-6-7-11-16-26-24(30)22-17-21(15-14-18(22)2)34(32,33)27-23-19(3)28(4)29(25(23)31)20-12-9-8-10-13-20/h8-10,12-15,17,27H,5-7,11,16H2,1-4H3,(H,26,30). The molecule has 2 aromatic carbocycles. The first-order chi connectivity index (χ1) is 16.2. The average molecular weight is 485 g/mol. The number of anilines is 1. The Kier molecular flexibility index (Phi) is 7.98. The molecule has 0 saturated heterocycles. The Balaban J connectivity index is 1.87. The summed E-state index contributed by atoms with van der Waals surface area (Å²) in [4.78, 5) is 25.7. The molecule has 0 saturated carbocycles. The molecule has 0 unspecified atom stereocenters. The second-order valence-electron chi connectivity index (χ2n) is 8.34. The number of nitrogens with one attached hydrogen (secondary N) is 2. The van der Waals surface area contributed by atoms with Crippen LogP contribution in [0.4, 0.5) is 5.69 Å². The summed E-state index contributed by atoms with van der Waals surface area (Å²) < 4.78 is 31.8. The lowest BCUT2D eigenvalue weighted by atomic mass is 10.1. The van der Waals surface area contributed by atoms with Gasteiger partial charge in [0.15, 0.2) is 0 Å². The van der Waals surface area contributed by atoms with Crippen LogP contribution in [0.1, 0.15) is 54.2 Å². The number of rotatable bonds is 10. The van der Waals surface area contributed by atoms with Gasteiger partial charge >= 0.3 is 0 Å². The molecule has 2 N–H and O–H groups in total. The molecule has 1 aromatic heterocycles. The zero-order chi connectivity index (χ0) is 24.9. The summed E-state index contributed by atoms with van der Waals surface area (Å²) in [7, 11) is -2.42. The Bertz CT molecular complexity index is 1320. The van der Waals surface area contributed by atoms with Crippen LogP contribution in [-0.2, 0) is 17.1 Å². The molecule has 34 heavy (non-hydrogen) atoms. The lowest BCUT2D eigenvalue weighted by Gasteiger charge is -2.11. The molecule has 3 aromatic rings. The molecule has 0 fully saturated rings. The van der Waals surface area contributed by atoms with E-state index in [1.807, 2.05) is 6.07 Å². The fourth-order valence-electron chi connectivity index (χ4n) is 3.74. The van der Waals surface area contributed by atoms with E-state index in [2.05, 4.69) is 17.0 Å². The molecule has 8 nitrogen and oxygen atoms in total. The summed E-state index contributed by atoms with van der Waals surface area (Å²) in [6.45, 7) is 6.09. The van der Waals surface area contributed by atoms with Crippen LogP contribution in [0.15, 0.2) is 58.2 Å². The van der Waals surface area contributed by atoms with Gasteiger partial charge in [-0.3, -0.25) is 19.0 Å². The molecule has 0 radical (unpaired) electrons. The van der Waals surface area contributed by atoms with E-state index in [1.54, 1.807) is 55.9 Å². The van der Waals surface area contributed by atoms with Crippen molar-refractivity contribution in [2.45, 2.75) is 51.3 Å². The van der Waals surface area contributed by atoms with Gasteiger partial charge in [-0.1, -0.05) is 50.5 Å². The number of nitrogens with zero attached hydrogens (tertiary/aromatic N) is 2. The van der Waals surface area contributed by atoms with Crippen LogP contribution in [0.5, 0.6) is 0 Å². The van der Waals surface area contributed by atoms with E-state index < -0.39 is 15.6 Å². The predicted molar refractivity (Wildman–Crippen MR) is 134 cm³/mol. The molecule has 3 rings (SSSR count). The van der Waals surface area contributed by atoms with E-state index in [1.165, 1.54) is 16.8 Å². The van der Waals surface area contributed by atoms with E-state index in [4.69, 9.17) is 0 Å². The number of carbonyl (C=O) groups excluding carboxylic acids is 1. The minimum absolute atomic E-state index is 0.0335. The van der Waals surface area contributed by atoms with Gasteiger partial charge in [0.25, 0.3) is 21.5 Å². The fourth-order valence-corrected chi connectivity index (χ4v) is 4.88. The first kappa shape index (κ1) is 25.3. The van der Waals surface area contributed by atoms with Crippen molar-refractivity contribution in [3.63, 3.8) is 0 Å². The monoisotopic (exact) mass is 484 g/mol. The highest BCUT2D eigenvalue weighted by atomic mass is 32.2. The first-order valence-electron chi connectivity index (χ1n) is 11.4. The van der Waals surface area contributed by atoms with Gasteiger partial charge in [-0.25, -0.2) is 13.1 Å². The van der Waals surface area contributed by atoms with Gasteiger partial charge in [-0.15, -0.1) is 0 Å². The normalized spacial score (nSPS) is 11.4. The van der Waals surface area contributed by atoms with Gasteiger partial charge in [-0.2, -0.15) is 0 Å². The van der Waals surface area contributed by atoms with Gasteiger partial charge in [0, 0.05) is 19.2 Å². The number of amides is 1. The molecule has 0 aliphatic carbocycles. The molecule has 182 valence electrons. The van der Waals surface area contributed by atoms with Gasteiger partial charge < -0.3 is 5.32 Å². The van der Waals surface area contributed by atoms with Crippen LogP contribution in [0.2, 0.25) is 0 Å². The second-order valence-corrected chi connectivity index (χ2v) is 10.0. The van der Waals surface area contributed by atoms with Crippen LogP contribution in [-0.4, -0.2) is 30.2 Å². The van der Waals surface area contributed by atoms with E-state index in [9.17, 15) is 18.0 Å². The first-order valence-corrected chi connectivity index (χ1v) is 12.9. The summed E-state index contributed by atoms with van der Waals surface area (Å²) in [5.41, 5.74) is 1.55. The van der Waals surface area contributed by atoms with Crippen molar-refractivity contribution in [1.29, 1.82) is 0 Å². The van der Waals surface area contributed by atoms with Gasteiger partial charge in [0.05, 0.1) is 16.3 Å². The Labute approximate surface area is 200 Å². The van der Waals surface area contributed by atoms with E-state index in [0.717, 1.165) is 25.7 Å². The van der Waals surface area contributed by atoms with Crippen molar-refractivity contribution in [3.05, 3.63) is 75.7 Å². The Morgan fingerprint density at radius 1 is 1.00 bits per heavy atom. The topological polar surface area (TPSA) is 102 Å².